The van der Waals surface area contributed by atoms with Crippen molar-refractivity contribution in [3.63, 3.8) is 0 Å². The number of carbonyl (C=O) groups excluding carboxylic acids is 2. The molecule has 1 amide bonds. The molecule has 0 fully saturated rings. The third kappa shape index (κ3) is 5.40. The summed E-state index contributed by atoms with van der Waals surface area (Å²) in [4.78, 5) is 28.7. The van der Waals surface area contributed by atoms with E-state index in [9.17, 15) is 22.8 Å². The third-order valence-corrected chi connectivity index (χ3v) is 3.10. The highest BCUT2D eigenvalue weighted by atomic mass is 19.4. The van der Waals surface area contributed by atoms with E-state index in [1.54, 1.807) is 17.4 Å². The molecule has 138 valence electrons. The molecule has 2 N–H and O–H groups in total. The van der Waals surface area contributed by atoms with Crippen LogP contribution in [0.3, 0.4) is 0 Å². The summed E-state index contributed by atoms with van der Waals surface area (Å²) in [5.74, 6) is -2.31. The number of amides is 1. The zero-order chi connectivity index (χ0) is 19.2. The zero-order valence-corrected chi connectivity index (χ0v) is 13.5. The van der Waals surface area contributed by atoms with Crippen LogP contribution in [-0.2, 0) is 16.0 Å². The van der Waals surface area contributed by atoms with Gasteiger partial charge in [-0.3, -0.25) is 4.79 Å². The first-order valence-corrected chi connectivity index (χ1v) is 7.28. The average Bonchev–Trinajstić information content (AvgIpc) is 3.06. The molecule has 0 bridgehead atoms. The molecule has 1 heterocycles. The maximum atomic E-state index is 12.0. The third-order valence-electron chi connectivity index (χ3n) is 3.10. The molecular weight excluding hydrogens is 355 g/mol. The largest absolute Gasteiger partial charge is 0.471 e. The van der Waals surface area contributed by atoms with E-state index < -0.39 is 18.1 Å². The minimum Gasteiger partial charge on any atom is -0.465 e. The fourth-order valence-electron chi connectivity index (χ4n) is 1.82. The van der Waals surface area contributed by atoms with Crippen LogP contribution in [0.5, 0.6) is 0 Å². The Hall–Kier alpha value is -3.24. The highest BCUT2D eigenvalue weighted by Gasteiger charge is 2.38. The van der Waals surface area contributed by atoms with Gasteiger partial charge < -0.3 is 15.0 Å². The maximum absolute atomic E-state index is 12.0. The Kier molecular flexibility index (Phi) is 6.04. The highest BCUT2D eigenvalue weighted by molar-refractivity contribution is 5.89. The highest BCUT2D eigenvalue weighted by Crippen LogP contribution is 2.17. The zero-order valence-electron chi connectivity index (χ0n) is 13.5. The summed E-state index contributed by atoms with van der Waals surface area (Å²) in [6.45, 7) is -0.202. The van der Waals surface area contributed by atoms with Crippen LogP contribution >= 0.6 is 0 Å². The molecule has 2 aromatic rings. The smallest absolute Gasteiger partial charge is 0.465 e. The van der Waals surface area contributed by atoms with Gasteiger partial charge in [0.25, 0.3) is 0 Å². The Labute approximate surface area is 145 Å². The van der Waals surface area contributed by atoms with Crippen molar-refractivity contribution in [3.05, 3.63) is 41.7 Å². The first kappa shape index (κ1) is 19.1. The number of azo groups is 1. The Morgan fingerprint density at radius 1 is 1.23 bits per heavy atom. The topological polar surface area (TPSA) is 109 Å². The summed E-state index contributed by atoms with van der Waals surface area (Å²) in [5.41, 5.74) is 1.32. The van der Waals surface area contributed by atoms with Crippen LogP contribution in [0.25, 0.3) is 0 Å². The number of rotatable bonds is 6. The Balaban J connectivity index is 1.88. The summed E-state index contributed by atoms with van der Waals surface area (Å²) < 4.78 is 40.7. The lowest BCUT2D eigenvalue weighted by Gasteiger charge is -2.06. The van der Waals surface area contributed by atoms with Crippen LogP contribution in [0.1, 0.15) is 16.1 Å². The molecule has 26 heavy (non-hydrogen) atoms. The summed E-state index contributed by atoms with van der Waals surface area (Å²) >= 11 is 0. The van der Waals surface area contributed by atoms with Gasteiger partial charge in [-0.25, -0.2) is 9.78 Å². The van der Waals surface area contributed by atoms with Gasteiger partial charge in [0.15, 0.2) is 0 Å². The van der Waals surface area contributed by atoms with Crippen molar-refractivity contribution in [2.75, 3.05) is 13.7 Å². The number of aromatic nitrogens is 2. The number of nitrogens with zero attached hydrogens (tertiary/aromatic N) is 3. The first-order valence-electron chi connectivity index (χ1n) is 7.28. The molecule has 1 aromatic carbocycles. The Morgan fingerprint density at radius 2 is 1.92 bits per heavy atom. The molecule has 1 aromatic heterocycles. The van der Waals surface area contributed by atoms with Crippen molar-refractivity contribution in [2.45, 2.75) is 12.6 Å². The van der Waals surface area contributed by atoms with Crippen LogP contribution in [0, 0.1) is 0 Å². The lowest BCUT2D eigenvalue weighted by molar-refractivity contribution is -0.173. The van der Waals surface area contributed by atoms with Gasteiger partial charge in [-0.05, 0) is 24.3 Å². The van der Waals surface area contributed by atoms with E-state index in [2.05, 4.69) is 24.9 Å². The van der Waals surface area contributed by atoms with Gasteiger partial charge in [-0.2, -0.15) is 13.2 Å². The van der Waals surface area contributed by atoms with Crippen LogP contribution in [0.4, 0.5) is 24.8 Å². The molecule has 0 aliphatic carbocycles. The van der Waals surface area contributed by atoms with Crippen molar-refractivity contribution >= 4 is 23.5 Å². The molecule has 0 unspecified atom stereocenters. The number of aromatic amines is 1. The van der Waals surface area contributed by atoms with Gasteiger partial charge in [-0.1, -0.05) is 0 Å². The number of halogens is 3. The van der Waals surface area contributed by atoms with E-state index >= 15 is 0 Å². The Morgan fingerprint density at radius 3 is 2.54 bits per heavy atom. The maximum Gasteiger partial charge on any atom is 0.471 e. The van der Waals surface area contributed by atoms with Crippen LogP contribution < -0.4 is 5.32 Å². The number of benzene rings is 1. The molecule has 0 spiro atoms. The summed E-state index contributed by atoms with van der Waals surface area (Å²) in [6, 6.07) is 6.17. The molecule has 8 nitrogen and oxygen atoms in total. The number of imidazole rings is 1. The van der Waals surface area contributed by atoms with Crippen molar-refractivity contribution in [2.24, 2.45) is 10.2 Å². The van der Waals surface area contributed by atoms with Gasteiger partial charge in [0.2, 0.25) is 5.95 Å². The second-order valence-electron chi connectivity index (χ2n) is 4.97. The molecule has 0 radical (unpaired) electrons. The van der Waals surface area contributed by atoms with E-state index in [1.807, 2.05) is 0 Å². The fraction of sp³-hybridized carbons (Fsp3) is 0.267. The Bertz CT molecular complexity index is 800. The molecule has 0 saturated heterocycles. The molecule has 11 heteroatoms. The standard InChI is InChI=1S/C15H14F3N5O3/c1-26-12(24)9-2-4-10(5-3-9)22-23-14-20-8-11(21-14)6-7-19-13(25)15(16,17)18/h2-5,8H,6-7H2,1H3,(H,19,25)(H,20,21). The molecule has 0 saturated carbocycles. The normalized spacial score (nSPS) is 11.5. The predicted octanol–water partition coefficient (Wildman–Crippen LogP) is 2.83. The van der Waals surface area contributed by atoms with Crippen molar-refractivity contribution in [1.29, 1.82) is 0 Å². The van der Waals surface area contributed by atoms with Crippen molar-refractivity contribution in [3.8, 4) is 0 Å². The number of hydrogen-bond acceptors (Lipinski definition) is 6. The van der Waals surface area contributed by atoms with E-state index in [1.165, 1.54) is 25.4 Å². The van der Waals surface area contributed by atoms with Crippen LogP contribution in [-0.4, -0.2) is 41.7 Å². The SMILES string of the molecule is COC(=O)c1ccc(N=Nc2ncc(CCNC(=O)C(F)(F)F)[nH]2)cc1. The van der Waals surface area contributed by atoms with Gasteiger partial charge in [0.1, 0.15) is 0 Å². The van der Waals surface area contributed by atoms with Gasteiger partial charge in [0, 0.05) is 18.7 Å². The fourth-order valence-corrected chi connectivity index (χ4v) is 1.82. The van der Waals surface area contributed by atoms with Gasteiger partial charge in [-0.15, -0.1) is 10.2 Å². The quantitative estimate of drug-likeness (QED) is 0.603. The van der Waals surface area contributed by atoms with Gasteiger partial charge >= 0.3 is 18.1 Å². The van der Waals surface area contributed by atoms with Crippen LogP contribution in [0.15, 0.2) is 40.7 Å². The van der Waals surface area contributed by atoms with Crippen molar-refractivity contribution < 1.29 is 27.5 Å². The average molecular weight is 369 g/mol. The number of ether oxygens (including phenoxy) is 1. The summed E-state index contributed by atoms with van der Waals surface area (Å²) in [5, 5.41) is 9.52. The minimum atomic E-state index is -4.91. The summed E-state index contributed by atoms with van der Waals surface area (Å²) in [7, 11) is 1.28. The minimum absolute atomic E-state index is 0.123. The molecule has 2 rings (SSSR count). The lowest BCUT2D eigenvalue weighted by Crippen LogP contribution is -2.37. The number of carbonyl (C=O) groups is 2. The lowest BCUT2D eigenvalue weighted by atomic mass is 10.2. The number of H-pyrrole nitrogens is 1. The molecule has 0 atom stereocenters. The van der Waals surface area contributed by atoms with E-state index in [0.29, 0.717) is 16.9 Å². The molecular formula is C15H14F3N5O3. The van der Waals surface area contributed by atoms with E-state index in [0.717, 1.165) is 0 Å². The number of esters is 1. The molecule has 0 aliphatic rings. The number of nitrogens with one attached hydrogen (secondary N) is 2. The number of alkyl halides is 3. The predicted molar refractivity (Wildman–Crippen MR) is 83.3 cm³/mol. The van der Waals surface area contributed by atoms with E-state index in [-0.39, 0.29) is 18.9 Å². The second kappa shape index (κ2) is 8.23. The summed E-state index contributed by atoms with van der Waals surface area (Å²) in [6.07, 6.45) is -3.40. The van der Waals surface area contributed by atoms with Crippen LogP contribution in [0.2, 0.25) is 0 Å². The van der Waals surface area contributed by atoms with Crippen molar-refractivity contribution in [1.82, 2.24) is 15.3 Å². The number of methoxy groups -OCH3 is 1. The first-order chi connectivity index (χ1) is 12.3. The molecule has 0 aliphatic heterocycles. The monoisotopic (exact) mass is 369 g/mol. The number of hydrogen-bond donors (Lipinski definition) is 2. The second-order valence-corrected chi connectivity index (χ2v) is 4.97. The van der Waals surface area contributed by atoms with Gasteiger partial charge in [0.05, 0.1) is 24.6 Å². The van der Waals surface area contributed by atoms with E-state index in [4.69, 9.17) is 0 Å².